The Morgan fingerprint density at radius 3 is 2.32 bits per heavy atom. The lowest BCUT2D eigenvalue weighted by atomic mass is 9.70. The van der Waals surface area contributed by atoms with Crippen molar-refractivity contribution in [3.63, 3.8) is 0 Å². The number of halogens is 3. The zero-order valence-electron chi connectivity index (χ0n) is 28.1. The van der Waals surface area contributed by atoms with E-state index < -0.39 is 43.4 Å². The minimum Gasteiger partial charge on any atom is -0.338 e. The SMILES string of the molecule is Cc1nc2ccccc2n1C1C[C@H]2CC[C@@H](C1)N2CCC1(c2cccc(F)c2)CCN(C(=O)c2cc(S(=O)(=O)NC3CC3)c(F)cc2F)CC1. The summed E-state index contributed by atoms with van der Waals surface area (Å²) in [5.41, 5.74) is 2.22. The number of nitrogens with zero attached hydrogens (tertiary/aromatic N) is 4. The number of para-hydroxylation sites is 2. The fourth-order valence-electron chi connectivity index (χ4n) is 8.98. The number of benzene rings is 3. The molecule has 0 radical (unpaired) electrons. The Bertz CT molecular complexity index is 2040. The van der Waals surface area contributed by atoms with Crippen LogP contribution in [0.3, 0.4) is 0 Å². The van der Waals surface area contributed by atoms with Crippen LogP contribution in [0.25, 0.3) is 11.0 Å². The molecule has 1 unspecified atom stereocenters. The summed E-state index contributed by atoms with van der Waals surface area (Å²) >= 11 is 0. The number of aromatic nitrogens is 2. The summed E-state index contributed by atoms with van der Waals surface area (Å²) in [5, 5.41) is 0. The summed E-state index contributed by atoms with van der Waals surface area (Å²) in [6.07, 6.45) is 7.51. The lowest BCUT2D eigenvalue weighted by Gasteiger charge is -2.45. The van der Waals surface area contributed by atoms with Gasteiger partial charge in [0.05, 0.1) is 16.6 Å². The van der Waals surface area contributed by atoms with Gasteiger partial charge in [0.1, 0.15) is 28.2 Å². The molecular formula is C38H42F3N5O3S. The van der Waals surface area contributed by atoms with Crippen molar-refractivity contribution in [2.24, 2.45) is 0 Å². The van der Waals surface area contributed by atoms with Gasteiger partial charge in [0.25, 0.3) is 5.91 Å². The van der Waals surface area contributed by atoms with Gasteiger partial charge >= 0.3 is 0 Å². The van der Waals surface area contributed by atoms with Crippen LogP contribution in [0, 0.1) is 24.4 Å². The average Bonchev–Trinajstić information content (AvgIpc) is 3.78. The van der Waals surface area contributed by atoms with E-state index in [1.807, 2.05) is 12.1 Å². The second kappa shape index (κ2) is 12.8. The van der Waals surface area contributed by atoms with E-state index in [4.69, 9.17) is 4.98 Å². The zero-order valence-corrected chi connectivity index (χ0v) is 28.9. The standard InChI is InChI=1S/C38H42F3N5O3S/c1-24-42-34-7-2-3-8-35(34)46(24)30-20-28-11-12-29(21-30)45(28)18-15-38(25-5-4-6-26(39)19-25)13-16-44(17-14-38)37(47)31-22-36(33(41)23-32(31)40)50(48,49)43-27-9-10-27/h2-8,19,22-23,27-30,43H,9-18,20-21H2,1H3/t28-,29+,30?. The van der Waals surface area contributed by atoms with Gasteiger partial charge in [0.15, 0.2) is 0 Å². The third-order valence-corrected chi connectivity index (χ3v) is 13.3. The highest BCUT2D eigenvalue weighted by Gasteiger charge is 2.44. The minimum absolute atomic E-state index is 0.274. The van der Waals surface area contributed by atoms with Gasteiger partial charge in [-0.25, -0.2) is 31.3 Å². The maximum atomic E-state index is 15.0. The molecule has 4 aliphatic rings. The fourth-order valence-corrected chi connectivity index (χ4v) is 10.4. The minimum atomic E-state index is -4.25. The van der Waals surface area contributed by atoms with E-state index in [9.17, 15) is 22.0 Å². The van der Waals surface area contributed by atoms with E-state index in [-0.39, 0.29) is 24.9 Å². The lowest BCUT2D eigenvalue weighted by Crippen LogP contribution is -2.49. The third-order valence-electron chi connectivity index (χ3n) is 11.7. The van der Waals surface area contributed by atoms with Crippen LogP contribution in [0.15, 0.2) is 65.6 Å². The normalized spacial score (nSPS) is 23.8. The molecule has 8 nitrogen and oxygen atoms in total. The number of imidazole rings is 1. The highest BCUT2D eigenvalue weighted by atomic mass is 32.2. The van der Waals surface area contributed by atoms with Crippen molar-refractivity contribution in [2.45, 2.75) is 99.2 Å². The maximum Gasteiger partial charge on any atom is 0.256 e. The van der Waals surface area contributed by atoms with E-state index in [2.05, 4.69) is 39.3 Å². The Balaban J connectivity index is 0.992. The maximum absolute atomic E-state index is 15.0. The number of nitrogens with one attached hydrogen (secondary N) is 1. The van der Waals surface area contributed by atoms with Gasteiger partial charge in [-0.05, 0) is 113 Å². The first-order valence-electron chi connectivity index (χ1n) is 17.8. The number of amides is 1. The lowest BCUT2D eigenvalue weighted by molar-refractivity contribution is 0.0602. The number of aryl methyl sites for hydroxylation is 1. The first-order chi connectivity index (χ1) is 24.0. The molecule has 0 spiro atoms. The van der Waals surface area contributed by atoms with Gasteiger partial charge in [-0.15, -0.1) is 0 Å². The summed E-state index contributed by atoms with van der Waals surface area (Å²) in [5.74, 6) is -2.28. The molecule has 3 aliphatic heterocycles. The highest BCUT2D eigenvalue weighted by Crippen LogP contribution is 2.45. The summed E-state index contributed by atoms with van der Waals surface area (Å²) in [7, 11) is -4.25. The number of fused-ring (bicyclic) bond motifs is 3. The number of carbonyl (C=O) groups is 1. The number of piperidine rings is 2. The Labute approximate surface area is 290 Å². The van der Waals surface area contributed by atoms with E-state index in [1.165, 1.54) is 16.5 Å². The van der Waals surface area contributed by atoms with Crippen LogP contribution < -0.4 is 4.72 Å². The smallest absolute Gasteiger partial charge is 0.256 e. The molecule has 1 amide bonds. The van der Waals surface area contributed by atoms with Crippen LogP contribution in [0.2, 0.25) is 0 Å². The molecule has 264 valence electrons. The number of carbonyl (C=O) groups excluding carboxylic acids is 1. The topological polar surface area (TPSA) is 87.5 Å². The molecule has 12 heteroatoms. The molecule has 3 saturated heterocycles. The van der Waals surface area contributed by atoms with Crippen molar-refractivity contribution in [1.29, 1.82) is 0 Å². The second-order valence-corrected chi connectivity index (χ2v) is 16.4. The van der Waals surface area contributed by atoms with Crippen LogP contribution in [-0.2, 0) is 15.4 Å². The van der Waals surface area contributed by atoms with Crippen LogP contribution in [0.4, 0.5) is 13.2 Å². The fraction of sp³-hybridized carbons (Fsp3) is 0.474. The zero-order chi connectivity index (χ0) is 34.8. The molecule has 1 N–H and O–H groups in total. The molecular weight excluding hydrogens is 664 g/mol. The molecule has 50 heavy (non-hydrogen) atoms. The molecule has 4 aromatic rings. The van der Waals surface area contributed by atoms with Crippen molar-refractivity contribution in [3.05, 3.63) is 95.1 Å². The van der Waals surface area contributed by atoms with E-state index >= 15 is 4.39 Å². The van der Waals surface area contributed by atoms with E-state index in [1.54, 1.807) is 12.1 Å². The van der Waals surface area contributed by atoms with Crippen molar-refractivity contribution in [1.82, 2.24) is 24.1 Å². The molecule has 4 heterocycles. The van der Waals surface area contributed by atoms with Gasteiger partial charge in [-0.1, -0.05) is 24.3 Å². The average molecular weight is 706 g/mol. The molecule has 1 aliphatic carbocycles. The monoisotopic (exact) mass is 705 g/mol. The largest absolute Gasteiger partial charge is 0.338 e. The van der Waals surface area contributed by atoms with Gasteiger partial charge in [-0.3, -0.25) is 9.69 Å². The van der Waals surface area contributed by atoms with Crippen LogP contribution in [-0.4, -0.2) is 71.4 Å². The summed E-state index contributed by atoms with van der Waals surface area (Å²) in [6, 6.07) is 17.3. The molecule has 2 bridgehead atoms. The number of sulfonamides is 1. The molecule has 3 aromatic carbocycles. The van der Waals surface area contributed by atoms with Gasteiger partial charge < -0.3 is 9.47 Å². The molecule has 1 saturated carbocycles. The summed E-state index contributed by atoms with van der Waals surface area (Å²) in [6.45, 7) is 3.48. The van der Waals surface area contributed by atoms with E-state index in [0.29, 0.717) is 49.9 Å². The Hall–Kier alpha value is -3.74. The highest BCUT2D eigenvalue weighted by molar-refractivity contribution is 7.89. The van der Waals surface area contributed by atoms with Crippen LogP contribution in [0.1, 0.15) is 85.6 Å². The quantitative estimate of drug-likeness (QED) is 0.211. The molecule has 1 aromatic heterocycles. The number of hydrogen-bond donors (Lipinski definition) is 1. The molecule has 3 atom stereocenters. The summed E-state index contributed by atoms with van der Waals surface area (Å²) < 4.78 is 74.8. The number of hydrogen-bond acceptors (Lipinski definition) is 5. The Morgan fingerprint density at radius 1 is 0.900 bits per heavy atom. The van der Waals surface area contributed by atoms with Gasteiger partial charge in [0.2, 0.25) is 10.0 Å². The van der Waals surface area contributed by atoms with Crippen molar-refractivity contribution in [3.8, 4) is 0 Å². The van der Waals surface area contributed by atoms with Crippen molar-refractivity contribution >= 4 is 27.0 Å². The first-order valence-corrected chi connectivity index (χ1v) is 19.3. The van der Waals surface area contributed by atoms with Crippen LogP contribution >= 0.6 is 0 Å². The Kier molecular flexibility index (Phi) is 8.55. The predicted octanol–water partition coefficient (Wildman–Crippen LogP) is 6.63. The predicted molar refractivity (Wildman–Crippen MR) is 184 cm³/mol. The van der Waals surface area contributed by atoms with Crippen LogP contribution in [0.5, 0.6) is 0 Å². The van der Waals surface area contributed by atoms with Crippen molar-refractivity contribution < 1.29 is 26.4 Å². The van der Waals surface area contributed by atoms with Gasteiger partial charge in [0, 0.05) is 43.3 Å². The summed E-state index contributed by atoms with van der Waals surface area (Å²) in [4.78, 5) is 21.9. The van der Waals surface area contributed by atoms with E-state index in [0.717, 1.165) is 61.6 Å². The van der Waals surface area contributed by atoms with Crippen molar-refractivity contribution in [2.75, 3.05) is 19.6 Å². The first kappa shape index (κ1) is 33.4. The number of likely N-dealkylation sites (tertiary alicyclic amines) is 1. The number of rotatable bonds is 9. The molecule has 8 rings (SSSR count). The molecule has 4 fully saturated rings. The van der Waals surface area contributed by atoms with Gasteiger partial charge in [-0.2, -0.15) is 0 Å². The third kappa shape index (κ3) is 6.13. The second-order valence-electron chi connectivity index (χ2n) is 14.8. The Morgan fingerprint density at radius 2 is 1.62 bits per heavy atom.